The fraction of sp³-hybridized carbons (Fsp3) is 0.0714. The van der Waals surface area contributed by atoms with Crippen LogP contribution in [0.5, 0.6) is 0 Å². The lowest BCUT2D eigenvalue weighted by molar-refractivity contribution is 0.0473. The molecule has 0 saturated carbocycles. The Morgan fingerprint density at radius 2 is 2.00 bits per heavy atom. The van der Waals surface area contributed by atoms with Gasteiger partial charge < -0.3 is 10.5 Å². The first kappa shape index (κ1) is 13.4. The van der Waals surface area contributed by atoms with Crippen molar-refractivity contribution in [3.05, 3.63) is 64.4 Å². The van der Waals surface area contributed by atoms with Gasteiger partial charge in [0.25, 0.3) is 0 Å². The Hall–Kier alpha value is -2.07. The first-order chi connectivity index (χ1) is 9.08. The number of benzene rings is 2. The molecule has 98 valence electrons. The Labute approximate surface area is 114 Å². The van der Waals surface area contributed by atoms with Crippen molar-refractivity contribution in [1.29, 1.82) is 0 Å². The minimum Gasteiger partial charge on any atom is -0.457 e. The molecule has 3 nitrogen and oxygen atoms in total. The van der Waals surface area contributed by atoms with Crippen molar-refractivity contribution in [2.75, 3.05) is 5.73 Å². The molecule has 2 N–H and O–H groups in total. The van der Waals surface area contributed by atoms with Gasteiger partial charge in [-0.3, -0.25) is 0 Å². The van der Waals surface area contributed by atoms with Crippen molar-refractivity contribution in [1.82, 2.24) is 0 Å². The van der Waals surface area contributed by atoms with Crippen molar-refractivity contribution < 1.29 is 13.9 Å². The van der Waals surface area contributed by atoms with Crippen LogP contribution < -0.4 is 5.73 Å². The summed E-state index contributed by atoms with van der Waals surface area (Å²) in [5, 5.41) is 0.522. The average Bonchev–Trinajstić information content (AvgIpc) is 2.40. The van der Waals surface area contributed by atoms with E-state index in [1.165, 1.54) is 12.1 Å². The number of carbonyl (C=O) groups excluding carboxylic acids is 1. The Bertz CT molecular complexity index is 616. The molecule has 0 aliphatic carbocycles. The summed E-state index contributed by atoms with van der Waals surface area (Å²) in [6.45, 7) is 0.0514. The van der Waals surface area contributed by atoms with Crippen molar-refractivity contribution in [2.24, 2.45) is 0 Å². The van der Waals surface area contributed by atoms with E-state index in [1.807, 2.05) is 0 Å². The highest BCUT2D eigenvalue weighted by molar-refractivity contribution is 6.31. The lowest BCUT2D eigenvalue weighted by atomic mass is 10.2. The molecule has 0 aliphatic rings. The smallest absolute Gasteiger partial charge is 0.338 e. The normalized spacial score (nSPS) is 10.2. The number of rotatable bonds is 3. The molecule has 0 aromatic heterocycles. The number of esters is 1. The molecule has 0 bridgehead atoms. The summed E-state index contributed by atoms with van der Waals surface area (Å²) < 4.78 is 18.1. The number of nitrogen functional groups attached to an aromatic ring is 1. The molecule has 0 atom stereocenters. The van der Waals surface area contributed by atoms with E-state index >= 15 is 0 Å². The SMILES string of the molecule is Nc1cc(C(=O)OCc2ccccc2Cl)ccc1F. The largest absolute Gasteiger partial charge is 0.457 e. The fourth-order valence-electron chi connectivity index (χ4n) is 1.51. The third-order valence-electron chi connectivity index (χ3n) is 2.55. The maximum Gasteiger partial charge on any atom is 0.338 e. The van der Waals surface area contributed by atoms with Crippen LogP contribution in [0.2, 0.25) is 5.02 Å². The number of hydrogen-bond donors (Lipinski definition) is 1. The zero-order chi connectivity index (χ0) is 13.8. The van der Waals surface area contributed by atoms with Crippen LogP contribution in [-0.4, -0.2) is 5.97 Å². The zero-order valence-electron chi connectivity index (χ0n) is 9.90. The van der Waals surface area contributed by atoms with Crippen molar-refractivity contribution in [3.63, 3.8) is 0 Å². The van der Waals surface area contributed by atoms with E-state index < -0.39 is 11.8 Å². The summed E-state index contributed by atoms with van der Waals surface area (Å²) in [5.74, 6) is -1.14. The van der Waals surface area contributed by atoms with E-state index in [4.69, 9.17) is 22.1 Å². The van der Waals surface area contributed by atoms with E-state index in [-0.39, 0.29) is 17.9 Å². The first-order valence-corrected chi connectivity index (χ1v) is 5.91. The van der Waals surface area contributed by atoms with Gasteiger partial charge in [0.05, 0.1) is 11.3 Å². The Morgan fingerprint density at radius 1 is 1.26 bits per heavy atom. The van der Waals surface area contributed by atoms with Gasteiger partial charge in [0.2, 0.25) is 0 Å². The number of carbonyl (C=O) groups is 1. The molecule has 2 aromatic carbocycles. The third-order valence-corrected chi connectivity index (χ3v) is 2.92. The zero-order valence-corrected chi connectivity index (χ0v) is 10.7. The monoisotopic (exact) mass is 279 g/mol. The van der Waals surface area contributed by atoms with Crippen molar-refractivity contribution in [3.8, 4) is 0 Å². The van der Waals surface area contributed by atoms with Gasteiger partial charge in [-0.05, 0) is 24.3 Å². The van der Waals surface area contributed by atoms with Crippen LogP contribution in [0.25, 0.3) is 0 Å². The standard InChI is InChI=1S/C14H11ClFNO2/c15-11-4-2-1-3-10(11)8-19-14(18)9-5-6-12(16)13(17)7-9/h1-7H,8,17H2. The summed E-state index contributed by atoms with van der Waals surface area (Å²) in [6.07, 6.45) is 0. The summed E-state index contributed by atoms with van der Waals surface area (Å²) in [7, 11) is 0. The van der Waals surface area contributed by atoms with Gasteiger partial charge in [0, 0.05) is 10.6 Å². The average molecular weight is 280 g/mol. The highest BCUT2D eigenvalue weighted by atomic mass is 35.5. The van der Waals surface area contributed by atoms with E-state index in [1.54, 1.807) is 24.3 Å². The molecule has 0 aliphatic heterocycles. The number of ether oxygens (including phenoxy) is 1. The molecule has 2 aromatic rings. The number of anilines is 1. The number of halogens is 2. The van der Waals surface area contributed by atoms with Gasteiger partial charge in [-0.15, -0.1) is 0 Å². The van der Waals surface area contributed by atoms with Gasteiger partial charge in [-0.2, -0.15) is 0 Å². The minimum atomic E-state index is -0.577. The Morgan fingerprint density at radius 3 is 2.68 bits per heavy atom. The minimum absolute atomic E-state index is 0.0514. The molecule has 5 heteroatoms. The van der Waals surface area contributed by atoms with Crippen LogP contribution in [-0.2, 0) is 11.3 Å². The molecule has 0 unspecified atom stereocenters. The predicted octanol–water partition coefficient (Wildman–Crippen LogP) is 3.42. The second-order valence-corrected chi connectivity index (χ2v) is 4.31. The summed E-state index contributed by atoms with van der Waals surface area (Å²) in [5.41, 5.74) is 6.20. The highest BCUT2D eigenvalue weighted by Gasteiger charge is 2.10. The Balaban J connectivity index is 2.05. The van der Waals surface area contributed by atoms with Crippen LogP contribution >= 0.6 is 11.6 Å². The lowest BCUT2D eigenvalue weighted by Crippen LogP contribution is -2.06. The molecule has 0 radical (unpaired) electrons. The predicted molar refractivity (Wildman–Crippen MR) is 71.4 cm³/mol. The molecular weight excluding hydrogens is 269 g/mol. The van der Waals surface area contributed by atoms with Gasteiger partial charge in [0.15, 0.2) is 0 Å². The Kier molecular flexibility index (Phi) is 4.02. The third kappa shape index (κ3) is 3.23. The van der Waals surface area contributed by atoms with E-state index in [0.29, 0.717) is 10.6 Å². The lowest BCUT2D eigenvalue weighted by Gasteiger charge is -2.07. The van der Waals surface area contributed by atoms with E-state index in [2.05, 4.69) is 0 Å². The molecule has 0 heterocycles. The van der Waals surface area contributed by atoms with Crippen molar-refractivity contribution >= 4 is 23.3 Å². The highest BCUT2D eigenvalue weighted by Crippen LogP contribution is 2.17. The molecule has 2 rings (SSSR count). The summed E-state index contributed by atoms with van der Waals surface area (Å²) >= 11 is 5.94. The molecule has 0 amide bonds. The van der Waals surface area contributed by atoms with Gasteiger partial charge in [0.1, 0.15) is 12.4 Å². The quantitative estimate of drug-likeness (QED) is 0.692. The molecule has 0 saturated heterocycles. The van der Waals surface area contributed by atoms with Gasteiger partial charge >= 0.3 is 5.97 Å². The van der Waals surface area contributed by atoms with E-state index in [0.717, 1.165) is 6.07 Å². The molecule has 0 spiro atoms. The van der Waals surface area contributed by atoms with Crippen LogP contribution in [0.4, 0.5) is 10.1 Å². The maximum absolute atomic E-state index is 13.0. The topological polar surface area (TPSA) is 52.3 Å². The van der Waals surface area contributed by atoms with E-state index in [9.17, 15) is 9.18 Å². The molecule has 0 fully saturated rings. The summed E-state index contributed by atoms with van der Waals surface area (Å²) in [4.78, 5) is 11.7. The first-order valence-electron chi connectivity index (χ1n) is 5.53. The molecular formula is C14H11ClFNO2. The number of nitrogens with two attached hydrogens (primary N) is 1. The van der Waals surface area contributed by atoms with Crippen LogP contribution in [0.15, 0.2) is 42.5 Å². The van der Waals surface area contributed by atoms with Gasteiger partial charge in [-0.25, -0.2) is 9.18 Å². The van der Waals surface area contributed by atoms with Crippen LogP contribution in [0, 0.1) is 5.82 Å². The maximum atomic E-state index is 13.0. The summed E-state index contributed by atoms with van der Waals surface area (Å²) in [6, 6.07) is 10.7. The van der Waals surface area contributed by atoms with Gasteiger partial charge in [-0.1, -0.05) is 29.8 Å². The fourth-order valence-corrected chi connectivity index (χ4v) is 1.70. The molecule has 19 heavy (non-hydrogen) atoms. The second kappa shape index (κ2) is 5.71. The second-order valence-electron chi connectivity index (χ2n) is 3.90. The van der Waals surface area contributed by atoms with Crippen LogP contribution in [0.1, 0.15) is 15.9 Å². The van der Waals surface area contributed by atoms with Crippen molar-refractivity contribution in [2.45, 2.75) is 6.61 Å². The number of hydrogen-bond acceptors (Lipinski definition) is 3. The van der Waals surface area contributed by atoms with Crippen LogP contribution in [0.3, 0.4) is 0 Å².